The summed E-state index contributed by atoms with van der Waals surface area (Å²) < 4.78 is 19.6. The Labute approximate surface area is 158 Å². The maximum atomic E-state index is 14.6. The first-order chi connectivity index (χ1) is 12.9. The van der Waals surface area contributed by atoms with Gasteiger partial charge in [-0.3, -0.25) is 9.89 Å². The van der Waals surface area contributed by atoms with Gasteiger partial charge in [-0.15, -0.1) is 0 Å². The highest BCUT2D eigenvalue weighted by atomic mass is 19.1. The van der Waals surface area contributed by atoms with E-state index in [1.165, 1.54) is 26.1 Å². The van der Waals surface area contributed by atoms with Gasteiger partial charge >= 0.3 is 0 Å². The van der Waals surface area contributed by atoms with Gasteiger partial charge in [0.1, 0.15) is 5.69 Å². The smallest absolute Gasteiger partial charge is 0.226 e. The molecule has 0 aliphatic carbocycles. The zero-order valence-corrected chi connectivity index (χ0v) is 16.0. The fraction of sp³-hybridized carbons (Fsp3) is 0.526. The normalized spacial score (nSPS) is 15.1. The Morgan fingerprint density at radius 2 is 2.11 bits per heavy atom. The van der Waals surface area contributed by atoms with E-state index in [2.05, 4.69) is 39.2 Å². The van der Waals surface area contributed by atoms with Crippen LogP contribution in [-0.2, 0) is 4.79 Å². The molecule has 8 heteroatoms. The number of aromatic nitrogens is 3. The Bertz CT molecular complexity index is 782. The van der Waals surface area contributed by atoms with Crippen LogP contribution in [0.4, 0.5) is 10.2 Å². The molecular formula is C19H26FN5O2. The average Bonchev–Trinajstić information content (AvgIpc) is 3.24. The number of ether oxygens (including phenoxy) is 1. The molecule has 2 N–H and O–H groups in total. The molecule has 1 amide bonds. The predicted molar refractivity (Wildman–Crippen MR) is 101 cm³/mol. The van der Waals surface area contributed by atoms with Crippen molar-refractivity contribution in [3.05, 3.63) is 24.1 Å². The molecule has 0 radical (unpaired) electrons. The lowest BCUT2D eigenvalue weighted by Crippen LogP contribution is -2.35. The first-order valence-corrected chi connectivity index (χ1v) is 9.14. The van der Waals surface area contributed by atoms with Crippen molar-refractivity contribution in [3.63, 3.8) is 0 Å². The lowest BCUT2D eigenvalue weighted by Gasteiger charge is -2.29. The third-order valence-electron chi connectivity index (χ3n) is 4.69. The van der Waals surface area contributed by atoms with Crippen molar-refractivity contribution in [2.45, 2.75) is 33.1 Å². The second kappa shape index (κ2) is 8.04. The SMILES string of the molecule is COc1ccc(-c2[nH]nc(NC(=O)CC(C)(C)CN3CCCC3)c2F)cn1. The minimum atomic E-state index is -0.604. The lowest BCUT2D eigenvalue weighted by molar-refractivity contribution is -0.118. The van der Waals surface area contributed by atoms with Crippen LogP contribution in [0.3, 0.4) is 0 Å². The van der Waals surface area contributed by atoms with Gasteiger partial charge in [-0.2, -0.15) is 5.10 Å². The Morgan fingerprint density at radius 3 is 2.74 bits per heavy atom. The second-order valence-corrected chi connectivity index (χ2v) is 7.72. The first kappa shape index (κ1) is 19.3. The van der Waals surface area contributed by atoms with Crippen LogP contribution in [0.1, 0.15) is 33.1 Å². The van der Waals surface area contributed by atoms with E-state index in [4.69, 9.17) is 4.74 Å². The van der Waals surface area contributed by atoms with Crippen LogP contribution in [-0.4, -0.2) is 52.7 Å². The van der Waals surface area contributed by atoms with E-state index in [1.54, 1.807) is 12.1 Å². The summed E-state index contributed by atoms with van der Waals surface area (Å²) in [5.74, 6) is -0.508. The number of amides is 1. The van der Waals surface area contributed by atoms with Crippen molar-refractivity contribution in [2.75, 3.05) is 32.1 Å². The van der Waals surface area contributed by atoms with Crippen molar-refractivity contribution in [2.24, 2.45) is 5.41 Å². The molecule has 146 valence electrons. The third kappa shape index (κ3) is 4.82. The number of hydrogen-bond donors (Lipinski definition) is 2. The minimum Gasteiger partial charge on any atom is -0.481 e. The van der Waals surface area contributed by atoms with Gasteiger partial charge in [-0.05, 0) is 37.4 Å². The monoisotopic (exact) mass is 375 g/mol. The number of nitrogens with one attached hydrogen (secondary N) is 2. The van der Waals surface area contributed by atoms with Crippen LogP contribution >= 0.6 is 0 Å². The number of likely N-dealkylation sites (tertiary alicyclic amines) is 1. The molecule has 0 saturated carbocycles. The van der Waals surface area contributed by atoms with E-state index in [-0.39, 0.29) is 22.8 Å². The van der Waals surface area contributed by atoms with Gasteiger partial charge < -0.3 is 15.0 Å². The van der Waals surface area contributed by atoms with Crippen molar-refractivity contribution in [1.82, 2.24) is 20.1 Å². The van der Waals surface area contributed by atoms with Crippen LogP contribution in [0.25, 0.3) is 11.3 Å². The minimum absolute atomic E-state index is 0.0946. The van der Waals surface area contributed by atoms with Crippen molar-refractivity contribution in [1.29, 1.82) is 0 Å². The molecule has 0 unspecified atom stereocenters. The number of halogens is 1. The first-order valence-electron chi connectivity index (χ1n) is 9.14. The van der Waals surface area contributed by atoms with Gasteiger partial charge in [0.05, 0.1) is 7.11 Å². The molecule has 1 saturated heterocycles. The number of aromatic amines is 1. The van der Waals surface area contributed by atoms with Gasteiger partial charge in [0, 0.05) is 30.8 Å². The maximum Gasteiger partial charge on any atom is 0.226 e. The van der Waals surface area contributed by atoms with Crippen molar-refractivity contribution >= 4 is 11.7 Å². The fourth-order valence-electron chi connectivity index (χ4n) is 3.46. The molecule has 1 fully saturated rings. The van der Waals surface area contributed by atoms with Gasteiger partial charge in [0.2, 0.25) is 11.8 Å². The second-order valence-electron chi connectivity index (χ2n) is 7.72. The summed E-state index contributed by atoms with van der Waals surface area (Å²) in [6.45, 7) is 7.13. The van der Waals surface area contributed by atoms with Crippen LogP contribution in [0, 0.1) is 11.2 Å². The summed E-state index contributed by atoms with van der Waals surface area (Å²) in [5, 5.41) is 9.12. The Hall–Kier alpha value is -2.48. The number of pyridine rings is 1. The van der Waals surface area contributed by atoms with Crippen molar-refractivity contribution in [3.8, 4) is 17.1 Å². The molecule has 27 heavy (non-hydrogen) atoms. The van der Waals surface area contributed by atoms with Gasteiger partial charge in [-0.1, -0.05) is 13.8 Å². The van der Waals surface area contributed by atoms with E-state index in [9.17, 15) is 9.18 Å². The number of H-pyrrole nitrogens is 1. The number of carbonyl (C=O) groups excluding carboxylic acids is 1. The molecule has 3 rings (SSSR count). The molecule has 0 spiro atoms. The molecule has 0 bridgehead atoms. The molecule has 2 aromatic rings. The van der Waals surface area contributed by atoms with E-state index < -0.39 is 5.82 Å². The highest BCUT2D eigenvalue weighted by molar-refractivity contribution is 5.91. The number of methoxy groups -OCH3 is 1. The van der Waals surface area contributed by atoms with Crippen LogP contribution in [0.2, 0.25) is 0 Å². The molecule has 7 nitrogen and oxygen atoms in total. The number of carbonyl (C=O) groups is 1. The van der Waals surface area contributed by atoms with E-state index in [0.717, 1.165) is 19.6 Å². The largest absolute Gasteiger partial charge is 0.481 e. The standard InChI is InChI=1S/C19H26FN5O2/c1-19(2,12-25-8-4-5-9-25)10-14(26)22-18-16(20)17(23-24-18)13-6-7-15(27-3)21-11-13/h6-7,11H,4-5,8-10,12H2,1-3H3,(H2,22,23,24,26). The van der Waals surface area contributed by atoms with Crippen molar-refractivity contribution < 1.29 is 13.9 Å². The van der Waals surface area contributed by atoms with E-state index in [0.29, 0.717) is 17.9 Å². The molecule has 3 heterocycles. The Kier molecular flexibility index (Phi) is 5.74. The number of hydrogen-bond acceptors (Lipinski definition) is 5. The summed E-state index contributed by atoms with van der Waals surface area (Å²) in [6, 6.07) is 3.31. The van der Waals surface area contributed by atoms with Gasteiger partial charge in [-0.25, -0.2) is 9.37 Å². The topological polar surface area (TPSA) is 83.1 Å². The van der Waals surface area contributed by atoms with Crippen LogP contribution in [0.5, 0.6) is 5.88 Å². The maximum absolute atomic E-state index is 14.6. The molecule has 1 aliphatic rings. The molecule has 0 atom stereocenters. The fourth-order valence-corrected chi connectivity index (χ4v) is 3.46. The van der Waals surface area contributed by atoms with Gasteiger partial charge in [0.15, 0.2) is 11.6 Å². The lowest BCUT2D eigenvalue weighted by atomic mass is 9.88. The van der Waals surface area contributed by atoms with E-state index in [1.807, 2.05) is 0 Å². The highest BCUT2D eigenvalue weighted by Gasteiger charge is 2.27. The Balaban J connectivity index is 1.63. The number of anilines is 1. The predicted octanol–water partition coefficient (Wildman–Crippen LogP) is 3.07. The molecule has 2 aromatic heterocycles. The Morgan fingerprint density at radius 1 is 1.37 bits per heavy atom. The van der Waals surface area contributed by atoms with Crippen LogP contribution in [0.15, 0.2) is 18.3 Å². The summed E-state index contributed by atoms with van der Waals surface area (Å²) in [4.78, 5) is 18.8. The summed E-state index contributed by atoms with van der Waals surface area (Å²) in [6.07, 6.45) is 4.21. The average molecular weight is 375 g/mol. The highest BCUT2D eigenvalue weighted by Crippen LogP contribution is 2.28. The molecule has 0 aromatic carbocycles. The summed E-state index contributed by atoms with van der Waals surface area (Å²) >= 11 is 0. The third-order valence-corrected chi connectivity index (χ3v) is 4.69. The number of nitrogens with zero attached hydrogens (tertiary/aromatic N) is 3. The summed E-state index contributed by atoms with van der Waals surface area (Å²) in [5.41, 5.74) is 0.511. The van der Waals surface area contributed by atoms with Gasteiger partial charge in [0.25, 0.3) is 0 Å². The number of rotatable bonds is 7. The van der Waals surface area contributed by atoms with Crippen LogP contribution < -0.4 is 10.1 Å². The zero-order valence-electron chi connectivity index (χ0n) is 16.0. The molecule has 1 aliphatic heterocycles. The summed E-state index contributed by atoms with van der Waals surface area (Å²) in [7, 11) is 1.51. The van der Waals surface area contributed by atoms with E-state index >= 15 is 0 Å². The quantitative estimate of drug-likeness (QED) is 0.777. The molecular weight excluding hydrogens is 349 g/mol. The zero-order chi connectivity index (χ0) is 19.4.